The van der Waals surface area contributed by atoms with Gasteiger partial charge in [-0.15, -0.1) is 0 Å². The molecule has 1 N–H and O–H groups in total. The lowest BCUT2D eigenvalue weighted by Gasteiger charge is -2.27. The number of nitrogens with zero attached hydrogens (tertiary/aromatic N) is 1. The summed E-state index contributed by atoms with van der Waals surface area (Å²) >= 11 is 0. The third-order valence-electron chi connectivity index (χ3n) is 2.85. The van der Waals surface area contributed by atoms with Crippen molar-refractivity contribution in [3.8, 4) is 5.75 Å². The van der Waals surface area contributed by atoms with Gasteiger partial charge in [0.05, 0.1) is 18.7 Å². The van der Waals surface area contributed by atoms with Crippen LogP contribution in [-0.4, -0.2) is 35.4 Å². The van der Waals surface area contributed by atoms with E-state index < -0.39 is 5.97 Å². The van der Waals surface area contributed by atoms with Gasteiger partial charge in [-0.1, -0.05) is 12.1 Å². The number of carboxylic acids is 1. The summed E-state index contributed by atoms with van der Waals surface area (Å²) in [5, 5.41) is 9.89. The van der Waals surface area contributed by atoms with Crippen LogP contribution in [0.2, 0.25) is 0 Å². The van der Waals surface area contributed by atoms with E-state index in [1.54, 1.807) is 0 Å². The van der Waals surface area contributed by atoms with E-state index in [1.807, 2.05) is 24.3 Å². The fourth-order valence-electron chi connectivity index (χ4n) is 1.84. The fraction of sp³-hybridized carbons (Fsp3) is 0.231. The van der Waals surface area contributed by atoms with E-state index in [9.17, 15) is 9.90 Å². The molecule has 1 aliphatic heterocycles. The molecule has 1 aliphatic rings. The van der Waals surface area contributed by atoms with Crippen LogP contribution in [0.3, 0.4) is 0 Å². The summed E-state index contributed by atoms with van der Waals surface area (Å²) in [7, 11) is 0. The maximum atomic E-state index is 11.2. The van der Waals surface area contributed by atoms with Crippen LogP contribution < -0.4 is 4.74 Å². The Labute approximate surface area is 103 Å². The molecule has 5 heteroatoms. The van der Waals surface area contributed by atoms with Crippen molar-refractivity contribution in [2.24, 2.45) is 0 Å². The van der Waals surface area contributed by atoms with Gasteiger partial charge >= 0.3 is 5.97 Å². The Morgan fingerprint density at radius 2 is 2.17 bits per heavy atom. The van der Waals surface area contributed by atoms with E-state index >= 15 is 0 Å². The van der Waals surface area contributed by atoms with Crippen molar-refractivity contribution in [1.29, 1.82) is 0 Å². The second-order valence-electron chi connectivity index (χ2n) is 4.10. The Kier molecular flexibility index (Phi) is 2.60. The van der Waals surface area contributed by atoms with Crippen LogP contribution in [0.15, 0.2) is 30.5 Å². The van der Waals surface area contributed by atoms with Crippen molar-refractivity contribution in [2.45, 2.75) is 6.10 Å². The lowest BCUT2D eigenvalue weighted by Crippen LogP contribution is -2.39. The summed E-state index contributed by atoms with van der Waals surface area (Å²) in [6.07, 6.45) is 1.26. The molecule has 1 aromatic carbocycles. The Morgan fingerprint density at radius 3 is 2.83 bits per heavy atom. The molecule has 0 amide bonds. The van der Waals surface area contributed by atoms with E-state index in [4.69, 9.17) is 9.47 Å². The monoisotopic (exact) mass is 245 g/mol. The van der Waals surface area contributed by atoms with Crippen LogP contribution >= 0.6 is 0 Å². The lowest BCUT2D eigenvalue weighted by molar-refractivity contribution is -0.0793. The van der Waals surface area contributed by atoms with Crippen molar-refractivity contribution in [3.05, 3.63) is 36.0 Å². The van der Waals surface area contributed by atoms with Crippen LogP contribution in [0.1, 0.15) is 10.4 Å². The van der Waals surface area contributed by atoms with Gasteiger partial charge in [0.2, 0.25) is 0 Å². The molecule has 5 nitrogen and oxygen atoms in total. The Balaban J connectivity index is 2.14. The fourth-order valence-corrected chi connectivity index (χ4v) is 1.84. The standard InChI is InChI=1S/C13H11NO4/c15-13(16)10-5-14-11-4-2-1-3-9(11)12(10)18-8-6-17-7-8/h1-5,8H,6-7H2,(H,15,16). The van der Waals surface area contributed by atoms with Gasteiger partial charge in [0.1, 0.15) is 17.4 Å². The molecule has 0 atom stereocenters. The van der Waals surface area contributed by atoms with Crippen molar-refractivity contribution < 1.29 is 19.4 Å². The van der Waals surface area contributed by atoms with Gasteiger partial charge in [-0.25, -0.2) is 4.79 Å². The van der Waals surface area contributed by atoms with Crippen LogP contribution in [-0.2, 0) is 4.74 Å². The summed E-state index contributed by atoms with van der Waals surface area (Å²) in [6.45, 7) is 0.991. The van der Waals surface area contributed by atoms with Gasteiger partial charge in [0.15, 0.2) is 0 Å². The number of hydrogen-bond donors (Lipinski definition) is 1. The molecule has 1 fully saturated rings. The molecule has 0 radical (unpaired) electrons. The zero-order chi connectivity index (χ0) is 12.5. The molecule has 18 heavy (non-hydrogen) atoms. The Bertz CT molecular complexity index is 607. The molecule has 0 aliphatic carbocycles. The number of fused-ring (bicyclic) bond motifs is 1. The Hall–Kier alpha value is -2.14. The molecule has 0 unspecified atom stereocenters. The highest BCUT2D eigenvalue weighted by Crippen LogP contribution is 2.30. The zero-order valence-electron chi connectivity index (χ0n) is 9.50. The number of ether oxygens (including phenoxy) is 2. The summed E-state index contributed by atoms with van der Waals surface area (Å²) in [6, 6.07) is 7.32. The maximum absolute atomic E-state index is 11.2. The van der Waals surface area contributed by atoms with Gasteiger partial charge in [-0.2, -0.15) is 0 Å². The van der Waals surface area contributed by atoms with Crippen LogP contribution in [0.4, 0.5) is 0 Å². The first kappa shape index (κ1) is 11.0. The average Bonchev–Trinajstić information content (AvgIpc) is 2.33. The first-order chi connectivity index (χ1) is 8.75. The second-order valence-corrected chi connectivity index (χ2v) is 4.10. The molecular formula is C13H11NO4. The quantitative estimate of drug-likeness (QED) is 0.891. The van der Waals surface area contributed by atoms with Gasteiger partial charge in [-0.3, -0.25) is 4.98 Å². The number of para-hydroxylation sites is 1. The van der Waals surface area contributed by atoms with E-state index in [1.165, 1.54) is 6.20 Å². The smallest absolute Gasteiger partial charge is 0.341 e. The van der Waals surface area contributed by atoms with E-state index in [-0.39, 0.29) is 11.7 Å². The zero-order valence-corrected chi connectivity index (χ0v) is 9.50. The first-order valence-corrected chi connectivity index (χ1v) is 5.61. The van der Waals surface area contributed by atoms with E-state index in [0.717, 1.165) is 5.52 Å². The number of aromatic carboxylic acids is 1. The number of rotatable bonds is 3. The summed E-state index contributed by atoms with van der Waals surface area (Å²) in [5.41, 5.74) is 0.804. The van der Waals surface area contributed by atoms with E-state index in [0.29, 0.717) is 24.3 Å². The number of carbonyl (C=O) groups is 1. The molecule has 2 aromatic rings. The van der Waals surface area contributed by atoms with Crippen molar-refractivity contribution in [2.75, 3.05) is 13.2 Å². The van der Waals surface area contributed by atoms with Crippen LogP contribution in [0.5, 0.6) is 5.75 Å². The largest absolute Gasteiger partial charge is 0.484 e. The second kappa shape index (κ2) is 4.27. The minimum absolute atomic E-state index is 0.0751. The number of benzene rings is 1. The number of aromatic nitrogens is 1. The average molecular weight is 245 g/mol. The highest BCUT2D eigenvalue weighted by atomic mass is 16.6. The first-order valence-electron chi connectivity index (χ1n) is 5.61. The SMILES string of the molecule is O=C(O)c1cnc2ccccc2c1OC1COC1. The third kappa shape index (κ3) is 1.78. The topological polar surface area (TPSA) is 68.7 Å². The molecule has 0 saturated carbocycles. The Morgan fingerprint density at radius 1 is 1.39 bits per heavy atom. The molecule has 0 spiro atoms. The molecule has 0 bridgehead atoms. The molecule has 3 rings (SSSR count). The maximum Gasteiger partial charge on any atom is 0.341 e. The summed E-state index contributed by atoms with van der Waals surface area (Å²) in [4.78, 5) is 15.3. The van der Waals surface area contributed by atoms with Gasteiger partial charge in [0, 0.05) is 11.6 Å². The minimum atomic E-state index is -1.04. The highest BCUT2D eigenvalue weighted by molar-refractivity contribution is 5.98. The van der Waals surface area contributed by atoms with Crippen molar-refractivity contribution >= 4 is 16.9 Å². The lowest BCUT2D eigenvalue weighted by atomic mass is 10.1. The highest BCUT2D eigenvalue weighted by Gasteiger charge is 2.24. The summed E-state index contributed by atoms with van der Waals surface area (Å²) in [5.74, 6) is -0.662. The molecule has 2 heterocycles. The predicted molar refractivity (Wildman–Crippen MR) is 63.9 cm³/mol. The molecule has 1 saturated heterocycles. The number of hydrogen-bond acceptors (Lipinski definition) is 4. The van der Waals surface area contributed by atoms with Crippen LogP contribution in [0.25, 0.3) is 10.9 Å². The number of pyridine rings is 1. The van der Waals surface area contributed by atoms with Gasteiger partial charge in [-0.05, 0) is 12.1 Å². The minimum Gasteiger partial charge on any atom is -0.484 e. The third-order valence-corrected chi connectivity index (χ3v) is 2.85. The van der Waals surface area contributed by atoms with Crippen LogP contribution in [0, 0.1) is 0 Å². The van der Waals surface area contributed by atoms with E-state index in [2.05, 4.69) is 4.98 Å². The summed E-state index contributed by atoms with van der Waals surface area (Å²) < 4.78 is 10.7. The predicted octanol–water partition coefficient (Wildman–Crippen LogP) is 1.71. The molecule has 92 valence electrons. The van der Waals surface area contributed by atoms with Gasteiger partial charge in [0.25, 0.3) is 0 Å². The molecular weight excluding hydrogens is 234 g/mol. The normalized spacial score (nSPS) is 15.3. The van der Waals surface area contributed by atoms with Gasteiger partial charge < -0.3 is 14.6 Å². The number of carboxylic acid groups (broad SMARTS) is 1. The van der Waals surface area contributed by atoms with Crippen molar-refractivity contribution in [3.63, 3.8) is 0 Å². The molecule has 1 aromatic heterocycles. The van der Waals surface area contributed by atoms with Crippen molar-refractivity contribution in [1.82, 2.24) is 4.98 Å².